The van der Waals surface area contributed by atoms with E-state index in [2.05, 4.69) is 11.9 Å². The van der Waals surface area contributed by atoms with Crippen molar-refractivity contribution in [1.29, 1.82) is 0 Å². The number of aliphatic hydroxyl groups excluding tert-OH is 1. The highest BCUT2D eigenvalue weighted by Crippen LogP contribution is 2.43. The summed E-state index contributed by atoms with van der Waals surface area (Å²) in [5.74, 6) is 1.55. The third-order valence-corrected chi connectivity index (χ3v) is 6.19. The molecule has 1 aromatic carbocycles. The maximum atomic E-state index is 13.3. The normalized spacial score (nSPS) is 25.8. The molecule has 1 aromatic rings. The average Bonchev–Trinajstić information content (AvgIpc) is 3.26. The van der Waals surface area contributed by atoms with E-state index < -0.39 is 6.29 Å². The molecule has 4 rings (SSSR count). The summed E-state index contributed by atoms with van der Waals surface area (Å²) >= 11 is 0. The van der Waals surface area contributed by atoms with Crippen molar-refractivity contribution in [1.82, 2.24) is 9.80 Å². The van der Waals surface area contributed by atoms with Crippen LogP contribution in [0.25, 0.3) is 0 Å². The van der Waals surface area contributed by atoms with Crippen LogP contribution in [0.2, 0.25) is 0 Å². The van der Waals surface area contributed by atoms with E-state index in [1.807, 2.05) is 36.1 Å². The van der Waals surface area contributed by atoms with Crippen LogP contribution in [0.1, 0.15) is 31.2 Å². The van der Waals surface area contributed by atoms with E-state index in [0.29, 0.717) is 44.0 Å². The second-order valence-corrected chi connectivity index (χ2v) is 8.24. The summed E-state index contributed by atoms with van der Waals surface area (Å²) in [4.78, 5) is 17.3. The zero-order valence-electron chi connectivity index (χ0n) is 18.3. The predicted octanol–water partition coefficient (Wildman–Crippen LogP) is 1.94. The Kier molecular flexibility index (Phi) is 6.99. The number of aliphatic hydroxyl groups is 1. The van der Waals surface area contributed by atoms with E-state index in [0.717, 1.165) is 24.4 Å². The molecule has 0 saturated carbocycles. The summed E-state index contributed by atoms with van der Waals surface area (Å²) in [7, 11) is 2.06. The Labute approximate surface area is 183 Å². The van der Waals surface area contributed by atoms with E-state index in [-0.39, 0.29) is 31.1 Å². The molecule has 31 heavy (non-hydrogen) atoms. The Morgan fingerprint density at radius 3 is 2.71 bits per heavy atom. The lowest BCUT2D eigenvalue weighted by Crippen LogP contribution is -2.49. The minimum atomic E-state index is -0.552. The molecule has 0 radical (unpaired) electrons. The molecule has 1 saturated heterocycles. The highest BCUT2D eigenvalue weighted by atomic mass is 16.7. The molecule has 170 valence electrons. The third-order valence-electron chi connectivity index (χ3n) is 6.19. The lowest BCUT2D eigenvalue weighted by atomic mass is 9.80. The lowest BCUT2D eigenvalue weighted by Gasteiger charge is -2.39. The predicted molar refractivity (Wildman–Crippen MR) is 114 cm³/mol. The van der Waals surface area contributed by atoms with Crippen molar-refractivity contribution in [2.45, 2.75) is 32.0 Å². The van der Waals surface area contributed by atoms with Gasteiger partial charge < -0.3 is 33.9 Å². The summed E-state index contributed by atoms with van der Waals surface area (Å²) in [6, 6.07) is 5.89. The van der Waals surface area contributed by atoms with Crippen LogP contribution in [0.3, 0.4) is 0 Å². The molecule has 8 nitrogen and oxygen atoms in total. The van der Waals surface area contributed by atoms with Gasteiger partial charge >= 0.3 is 0 Å². The third kappa shape index (κ3) is 4.81. The van der Waals surface area contributed by atoms with Crippen molar-refractivity contribution in [2.24, 2.45) is 5.92 Å². The number of ether oxygens (including phenoxy) is 4. The smallest absolute Gasteiger partial charge is 0.288 e. The Morgan fingerprint density at radius 1 is 1.19 bits per heavy atom. The van der Waals surface area contributed by atoms with E-state index in [1.165, 1.54) is 0 Å². The van der Waals surface area contributed by atoms with Crippen LogP contribution in [0.15, 0.2) is 30.0 Å². The number of likely N-dealkylation sites (N-methyl/N-ethyl adjacent to an activating group) is 1. The standard InChI is InChI=1S/C23H32N2O6/c1-3-28-23-17(5-4-12-26)18(16-6-7-19-20(13-16)30-15-29-19)14-21(31-23)22(27)25-10-8-24(2)9-11-25/h6-7,13-14,17-18,23,26H,3-5,8-12,15H2,1-2H3/t17-,18+,23+/m0/s1. The molecule has 3 atom stereocenters. The highest BCUT2D eigenvalue weighted by Gasteiger charge is 2.39. The molecule has 1 amide bonds. The summed E-state index contributed by atoms with van der Waals surface area (Å²) < 4.78 is 23.1. The van der Waals surface area contributed by atoms with E-state index in [4.69, 9.17) is 18.9 Å². The number of nitrogens with zero attached hydrogens (tertiary/aromatic N) is 2. The highest BCUT2D eigenvalue weighted by molar-refractivity contribution is 5.92. The molecular weight excluding hydrogens is 400 g/mol. The molecular formula is C23H32N2O6. The van der Waals surface area contributed by atoms with Crippen molar-refractivity contribution in [2.75, 3.05) is 53.2 Å². The number of hydrogen-bond donors (Lipinski definition) is 1. The van der Waals surface area contributed by atoms with E-state index >= 15 is 0 Å². The molecule has 0 spiro atoms. The molecule has 0 unspecified atom stereocenters. The number of amides is 1. The minimum Gasteiger partial charge on any atom is -0.459 e. The van der Waals surface area contributed by atoms with Crippen molar-refractivity contribution in [3.05, 3.63) is 35.6 Å². The van der Waals surface area contributed by atoms with E-state index in [9.17, 15) is 9.90 Å². The van der Waals surface area contributed by atoms with E-state index in [1.54, 1.807) is 0 Å². The first-order valence-electron chi connectivity index (χ1n) is 11.1. The second-order valence-electron chi connectivity index (χ2n) is 8.24. The SMILES string of the molecule is CCO[C@@H]1OC(C(=O)N2CCN(C)CC2)=C[C@H](c2ccc3c(c2)OCO3)[C@@H]1CCCO. The van der Waals surface area contributed by atoms with Gasteiger partial charge in [0.2, 0.25) is 13.1 Å². The maximum absolute atomic E-state index is 13.3. The quantitative estimate of drug-likeness (QED) is 0.705. The number of hydrogen-bond acceptors (Lipinski definition) is 7. The minimum absolute atomic E-state index is 0.0310. The fourth-order valence-electron chi connectivity index (χ4n) is 4.42. The summed E-state index contributed by atoms with van der Waals surface area (Å²) in [5, 5.41) is 9.43. The van der Waals surface area contributed by atoms with Gasteiger partial charge in [-0.15, -0.1) is 0 Å². The van der Waals surface area contributed by atoms with Crippen LogP contribution in [0.4, 0.5) is 0 Å². The summed E-state index contributed by atoms with van der Waals surface area (Å²) in [6.07, 6.45) is 2.72. The molecule has 3 aliphatic heterocycles. The molecule has 0 aromatic heterocycles. The second kappa shape index (κ2) is 9.89. The van der Waals surface area contributed by atoms with Gasteiger partial charge in [-0.25, -0.2) is 0 Å². The first kappa shape index (κ1) is 21.9. The van der Waals surface area contributed by atoms with Gasteiger partial charge in [-0.1, -0.05) is 6.07 Å². The fraction of sp³-hybridized carbons (Fsp3) is 0.609. The van der Waals surface area contributed by atoms with Gasteiger partial charge in [-0.05, 0) is 50.6 Å². The van der Waals surface area contributed by atoms with Crippen LogP contribution < -0.4 is 9.47 Å². The Hall–Kier alpha value is -2.29. The number of rotatable bonds is 7. The number of carbonyl (C=O) groups excluding carboxylic acids is 1. The molecule has 0 bridgehead atoms. The van der Waals surface area contributed by atoms with Crippen molar-refractivity contribution >= 4 is 5.91 Å². The molecule has 0 aliphatic carbocycles. The van der Waals surface area contributed by atoms with Gasteiger partial charge in [-0.3, -0.25) is 4.79 Å². The van der Waals surface area contributed by atoms with Gasteiger partial charge in [0.15, 0.2) is 17.3 Å². The van der Waals surface area contributed by atoms with Gasteiger partial charge in [0.05, 0.1) is 0 Å². The molecule has 8 heteroatoms. The van der Waals surface area contributed by atoms with Gasteiger partial charge in [0, 0.05) is 51.2 Å². The average molecular weight is 433 g/mol. The maximum Gasteiger partial charge on any atom is 0.288 e. The molecule has 1 N–H and O–H groups in total. The van der Waals surface area contributed by atoms with Crippen LogP contribution in [-0.4, -0.2) is 80.3 Å². The number of fused-ring (bicyclic) bond motifs is 1. The van der Waals surface area contributed by atoms with Crippen LogP contribution in [0, 0.1) is 5.92 Å². The Balaban J connectivity index is 1.65. The van der Waals surface area contributed by atoms with Gasteiger partial charge in [0.25, 0.3) is 5.91 Å². The first-order valence-corrected chi connectivity index (χ1v) is 11.1. The number of allylic oxidation sites excluding steroid dienone is 1. The number of carbonyl (C=O) groups is 1. The number of piperazine rings is 1. The topological polar surface area (TPSA) is 80.7 Å². The van der Waals surface area contributed by atoms with Crippen LogP contribution in [-0.2, 0) is 14.3 Å². The zero-order chi connectivity index (χ0) is 21.8. The Morgan fingerprint density at radius 2 is 1.97 bits per heavy atom. The van der Waals surface area contributed by atoms with Crippen molar-refractivity contribution in [3.63, 3.8) is 0 Å². The fourth-order valence-corrected chi connectivity index (χ4v) is 4.42. The first-order chi connectivity index (χ1) is 15.1. The monoisotopic (exact) mass is 432 g/mol. The molecule has 3 aliphatic rings. The van der Waals surface area contributed by atoms with Crippen LogP contribution in [0.5, 0.6) is 11.5 Å². The van der Waals surface area contributed by atoms with Crippen molar-refractivity contribution in [3.8, 4) is 11.5 Å². The lowest BCUT2D eigenvalue weighted by molar-refractivity contribution is -0.170. The molecule has 3 heterocycles. The van der Waals surface area contributed by atoms with Crippen LogP contribution >= 0.6 is 0 Å². The van der Waals surface area contributed by atoms with Gasteiger partial charge in [-0.2, -0.15) is 0 Å². The summed E-state index contributed by atoms with van der Waals surface area (Å²) in [5.41, 5.74) is 1.02. The number of benzene rings is 1. The molecule has 1 fully saturated rings. The van der Waals surface area contributed by atoms with Crippen molar-refractivity contribution < 1.29 is 28.8 Å². The van der Waals surface area contributed by atoms with Gasteiger partial charge in [0.1, 0.15) is 0 Å². The largest absolute Gasteiger partial charge is 0.459 e. The Bertz CT molecular complexity index is 805. The zero-order valence-corrected chi connectivity index (χ0v) is 18.3. The summed E-state index contributed by atoms with van der Waals surface area (Å²) in [6.45, 7) is 5.75.